The lowest BCUT2D eigenvalue weighted by Crippen LogP contribution is -2.37. The SMILES string of the molecule is CC(=O)N(CC(=O)Nc1ccccc1C(C)(C)C)c1cc(C)ccc1C. The predicted octanol–water partition coefficient (Wildman–Crippen LogP) is 4.59. The minimum absolute atomic E-state index is 0.0158. The van der Waals surface area contributed by atoms with E-state index >= 15 is 0 Å². The number of carbonyl (C=O) groups excluding carboxylic acids is 2. The molecule has 2 aromatic rings. The van der Waals surface area contributed by atoms with Gasteiger partial charge in [0.05, 0.1) is 0 Å². The van der Waals surface area contributed by atoms with Gasteiger partial charge in [-0.15, -0.1) is 0 Å². The summed E-state index contributed by atoms with van der Waals surface area (Å²) in [4.78, 5) is 26.4. The molecule has 0 heterocycles. The number of hydrogen-bond donors (Lipinski definition) is 1. The Bertz CT molecular complexity index is 819. The van der Waals surface area contributed by atoms with E-state index < -0.39 is 0 Å². The van der Waals surface area contributed by atoms with E-state index in [4.69, 9.17) is 0 Å². The van der Waals surface area contributed by atoms with Crippen LogP contribution in [0.15, 0.2) is 42.5 Å². The largest absolute Gasteiger partial charge is 0.324 e. The fourth-order valence-electron chi connectivity index (χ4n) is 2.96. The summed E-state index contributed by atoms with van der Waals surface area (Å²) >= 11 is 0. The number of benzene rings is 2. The van der Waals surface area contributed by atoms with E-state index in [-0.39, 0.29) is 23.8 Å². The number of aryl methyl sites for hydroxylation is 2. The second-order valence-corrected chi connectivity index (χ2v) is 7.74. The van der Waals surface area contributed by atoms with Gasteiger partial charge in [0.1, 0.15) is 6.54 Å². The van der Waals surface area contributed by atoms with Crippen molar-refractivity contribution in [2.24, 2.45) is 0 Å². The molecule has 0 fully saturated rings. The van der Waals surface area contributed by atoms with Gasteiger partial charge in [-0.05, 0) is 48.1 Å². The van der Waals surface area contributed by atoms with Crippen molar-refractivity contribution in [1.29, 1.82) is 0 Å². The number of amides is 2. The van der Waals surface area contributed by atoms with Crippen LogP contribution in [0.1, 0.15) is 44.4 Å². The number of nitrogens with zero attached hydrogens (tertiary/aromatic N) is 1. The van der Waals surface area contributed by atoms with Crippen molar-refractivity contribution < 1.29 is 9.59 Å². The third-order valence-corrected chi connectivity index (χ3v) is 4.35. The molecule has 4 nitrogen and oxygen atoms in total. The van der Waals surface area contributed by atoms with Crippen LogP contribution in [0.5, 0.6) is 0 Å². The normalized spacial score (nSPS) is 11.2. The van der Waals surface area contributed by atoms with Crippen molar-refractivity contribution in [2.45, 2.75) is 47.0 Å². The summed E-state index contributed by atoms with van der Waals surface area (Å²) in [5.74, 6) is -0.365. The first-order valence-electron chi connectivity index (χ1n) is 8.84. The highest BCUT2D eigenvalue weighted by Crippen LogP contribution is 2.29. The van der Waals surface area contributed by atoms with Gasteiger partial charge in [0.2, 0.25) is 11.8 Å². The van der Waals surface area contributed by atoms with Crippen LogP contribution in [0.2, 0.25) is 0 Å². The molecule has 2 rings (SSSR count). The Labute approximate surface area is 156 Å². The topological polar surface area (TPSA) is 49.4 Å². The van der Waals surface area contributed by atoms with Gasteiger partial charge < -0.3 is 10.2 Å². The summed E-state index contributed by atoms with van der Waals surface area (Å²) < 4.78 is 0. The molecule has 0 aromatic heterocycles. The maximum absolute atomic E-state index is 12.7. The first kappa shape index (κ1) is 19.7. The van der Waals surface area contributed by atoms with Crippen molar-refractivity contribution in [3.8, 4) is 0 Å². The molecule has 26 heavy (non-hydrogen) atoms. The lowest BCUT2D eigenvalue weighted by Gasteiger charge is -2.25. The Morgan fingerprint density at radius 3 is 2.31 bits per heavy atom. The van der Waals surface area contributed by atoms with Gasteiger partial charge in [-0.3, -0.25) is 9.59 Å². The fraction of sp³-hybridized carbons (Fsp3) is 0.364. The molecule has 2 amide bonds. The number of nitrogens with one attached hydrogen (secondary N) is 1. The van der Waals surface area contributed by atoms with Crippen LogP contribution >= 0.6 is 0 Å². The zero-order chi connectivity index (χ0) is 19.5. The Morgan fingerprint density at radius 2 is 1.69 bits per heavy atom. The van der Waals surface area contributed by atoms with Crippen LogP contribution in [0.25, 0.3) is 0 Å². The molecule has 0 aliphatic heterocycles. The van der Waals surface area contributed by atoms with Gasteiger partial charge in [0.15, 0.2) is 0 Å². The van der Waals surface area contributed by atoms with E-state index in [1.165, 1.54) is 11.8 Å². The summed E-state index contributed by atoms with van der Waals surface area (Å²) in [6.07, 6.45) is 0. The van der Waals surface area contributed by atoms with Gasteiger partial charge in [0.25, 0.3) is 0 Å². The average Bonchev–Trinajstić information content (AvgIpc) is 2.54. The molecule has 0 atom stereocenters. The van der Waals surface area contributed by atoms with Gasteiger partial charge in [0, 0.05) is 18.3 Å². The van der Waals surface area contributed by atoms with Crippen molar-refractivity contribution in [3.63, 3.8) is 0 Å². The Kier molecular flexibility index (Phi) is 5.86. The standard InChI is InChI=1S/C22H28N2O2/c1-15-11-12-16(2)20(13-15)24(17(3)25)14-21(26)23-19-10-8-7-9-18(19)22(4,5)6/h7-13H,14H2,1-6H3,(H,23,26). The van der Waals surface area contributed by atoms with E-state index in [0.29, 0.717) is 0 Å². The van der Waals surface area contributed by atoms with Gasteiger partial charge in [-0.1, -0.05) is 51.1 Å². The molecule has 0 saturated heterocycles. The minimum Gasteiger partial charge on any atom is -0.324 e. The molecule has 1 N–H and O–H groups in total. The van der Waals surface area contributed by atoms with Crippen molar-refractivity contribution in [3.05, 3.63) is 59.2 Å². The molecule has 2 aromatic carbocycles. The van der Waals surface area contributed by atoms with Crippen LogP contribution in [-0.4, -0.2) is 18.4 Å². The predicted molar refractivity (Wildman–Crippen MR) is 108 cm³/mol. The third kappa shape index (κ3) is 4.72. The first-order valence-corrected chi connectivity index (χ1v) is 8.84. The lowest BCUT2D eigenvalue weighted by molar-refractivity contribution is -0.120. The molecule has 0 unspecified atom stereocenters. The molecule has 0 saturated carbocycles. The highest BCUT2D eigenvalue weighted by atomic mass is 16.2. The van der Waals surface area contributed by atoms with Crippen molar-refractivity contribution in [1.82, 2.24) is 0 Å². The van der Waals surface area contributed by atoms with Crippen LogP contribution in [0.4, 0.5) is 11.4 Å². The first-order chi connectivity index (χ1) is 12.1. The van der Waals surface area contributed by atoms with Crippen LogP contribution < -0.4 is 10.2 Å². The maximum atomic E-state index is 12.7. The Balaban J connectivity index is 2.25. The average molecular weight is 352 g/mol. The lowest BCUT2D eigenvalue weighted by atomic mass is 9.86. The monoisotopic (exact) mass is 352 g/mol. The smallest absolute Gasteiger partial charge is 0.244 e. The molecule has 138 valence electrons. The van der Waals surface area contributed by atoms with Crippen molar-refractivity contribution in [2.75, 3.05) is 16.8 Å². The van der Waals surface area contributed by atoms with Crippen LogP contribution in [0.3, 0.4) is 0 Å². The summed E-state index contributed by atoms with van der Waals surface area (Å²) in [5.41, 5.74) is 4.56. The van der Waals surface area contributed by atoms with Crippen LogP contribution in [-0.2, 0) is 15.0 Å². The highest BCUT2D eigenvalue weighted by molar-refractivity contribution is 6.02. The summed E-state index contributed by atoms with van der Waals surface area (Å²) in [5, 5.41) is 2.97. The number of carbonyl (C=O) groups is 2. The number of anilines is 2. The molecular weight excluding hydrogens is 324 g/mol. The molecular formula is C22H28N2O2. The van der Waals surface area contributed by atoms with E-state index in [9.17, 15) is 9.59 Å². The van der Waals surface area contributed by atoms with E-state index in [1.54, 1.807) is 0 Å². The zero-order valence-corrected chi connectivity index (χ0v) is 16.5. The Morgan fingerprint density at radius 1 is 1.04 bits per heavy atom. The minimum atomic E-state index is -0.210. The van der Waals surface area contributed by atoms with Crippen molar-refractivity contribution >= 4 is 23.2 Å². The molecule has 0 aliphatic rings. The fourth-order valence-corrected chi connectivity index (χ4v) is 2.96. The second kappa shape index (κ2) is 7.73. The number of hydrogen-bond acceptors (Lipinski definition) is 2. The van der Waals surface area contributed by atoms with Gasteiger partial charge in [-0.2, -0.15) is 0 Å². The summed E-state index contributed by atoms with van der Waals surface area (Å²) in [6, 6.07) is 13.7. The second-order valence-electron chi connectivity index (χ2n) is 7.74. The molecule has 0 spiro atoms. The van der Waals surface area contributed by atoms with Gasteiger partial charge in [-0.25, -0.2) is 0 Å². The maximum Gasteiger partial charge on any atom is 0.244 e. The molecule has 0 radical (unpaired) electrons. The van der Waals surface area contributed by atoms with E-state index in [0.717, 1.165) is 28.1 Å². The number of rotatable bonds is 4. The summed E-state index contributed by atoms with van der Waals surface area (Å²) in [7, 11) is 0. The van der Waals surface area contributed by atoms with Gasteiger partial charge >= 0.3 is 0 Å². The number of para-hydroxylation sites is 1. The molecule has 0 bridgehead atoms. The molecule has 0 aliphatic carbocycles. The molecule has 4 heteroatoms. The zero-order valence-electron chi connectivity index (χ0n) is 16.5. The quantitative estimate of drug-likeness (QED) is 0.875. The van der Waals surface area contributed by atoms with Crippen LogP contribution in [0, 0.1) is 13.8 Å². The van der Waals surface area contributed by atoms with E-state index in [2.05, 4.69) is 26.1 Å². The third-order valence-electron chi connectivity index (χ3n) is 4.35. The Hall–Kier alpha value is -2.62. The van der Waals surface area contributed by atoms with E-state index in [1.807, 2.05) is 56.3 Å². The summed E-state index contributed by atoms with van der Waals surface area (Å²) in [6.45, 7) is 11.7. The highest BCUT2D eigenvalue weighted by Gasteiger charge is 2.21.